The van der Waals surface area contributed by atoms with Crippen LogP contribution in [0, 0.1) is 0 Å². The Morgan fingerprint density at radius 1 is 1.80 bits per heavy atom. The Hall–Kier alpha value is -0.0900. The van der Waals surface area contributed by atoms with E-state index >= 15 is 0 Å². The van der Waals surface area contributed by atoms with Gasteiger partial charge in [0.1, 0.15) is 0 Å². The highest BCUT2D eigenvalue weighted by atomic mass is 79.9. The Morgan fingerprint density at radius 2 is 2.40 bits per heavy atom. The number of nitrogens with one attached hydrogen (secondary N) is 1. The van der Waals surface area contributed by atoms with E-state index in [9.17, 15) is 4.79 Å². The average molecular weight is 209 g/mol. The SMILES string of the molecule is CC(CC(N)=O)NCCBr. The number of halogens is 1. The lowest BCUT2D eigenvalue weighted by atomic mass is 10.2. The van der Waals surface area contributed by atoms with Crippen molar-refractivity contribution in [3.8, 4) is 0 Å². The summed E-state index contributed by atoms with van der Waals surface area (Å²) in [6.07, 6.45) is 0.410. The van der Waals surface area contributed by atoms with Crippen molar-refractivity contribution in [2.45, 2.75) is 19.4 Å². The van der Waals surface area contributed by atoms with Gasteiger partial charge in [0.2, 0.25) is 5.91 Å². The van der Waals surface area contributed by atoms with Crippen LogP contribution in [0.3, 0.4) is 0 Å². The number of hydrogen-bond donors (Lipinski definition) is 2. The van der Waals surface area contributed by atoms with Crippen LogP contribution >= 0.6 is 15.9 Å². The number of alkyl halides is 1. The number of amides is 1. The number of hydrogen-bond acceptors (Lipinski definition) is 2. The van der Waals surface area contributed by atoms with E-state index in [1.807, 2.05) is 6.92 Å². The first-order chi connectivity index (χ1) is 4.66. The van der Waals surface area contributed by atoms with Gasteiger partial charge in [0.05, 0.1) is 0 Å². The van der Waals surface area contributed by atoms with Gasteiger partial charge in [-0.05, 0) is 6.92 Å². The van der Waals surface area contributed by atoms with Gasteiger partial charge in [0.15, 0.2) is 0 Å². The smallest absolute Gasteiger partial charge is 0.218 e. The molecule has 0 heterocycles. The van der Waals surface area contributed by atoms with Gasteiger partial charge >= 0.3 is 0 Å². The summed E-state index contributed by atoms with van der Waals surface area (Å²) in [4.78, 5) is 10.3. The maximum absolute atomic E-state index is 10.3. The number of carbonyl (C=O) groups excluding carboxylic acids is 1. The normalized spacial score (nSPS) is 13.0. The lowest BCUT2D eigenvalue weighted by Crippen LogP contribution is -2.32. The summed E-state index contributed by atoms with van der Waals surface area (Å²) in [5.41, 5.74) is 4.97. The molecule has 0 fully saturated rings. The van der Waals surface area contributed by atoms with Gasteiger partial charge < -0.3 is 11.1 Å². The van der Waals surface area contributed by atoms with E-state index in [1.165, 1.54) is 0 Å². The molecular weight excluding hydrogens is 196 g/mol. The molecule has 0 aliphatic carbocycles. The van der Waals surface area contributed by atoms with Crippen LogP contribution in [-0.4, -0.2) is 23.8 Å². The highest BCUT2D eigenvalue weighted by molar-refractivity contribution is 9.09. The monoisotopic (exact) mass is 208 g/mol. The van der Waals surface area contributed by atoms with E-state index < -0.39 is 0 Å². The molecular formula is C6H13BrN2O. The minimum atomic E-state index is -0.255. The molecule has 0 aromatic rings. The molecule has 0 spiro atoms. The molecule has 1 unspecified atom stereocenters. The lowest BCUT2D eigenvalue weighted by Gasteiger charge is -2.09. The van der Waals surface area contributed by atoms with Crippen LogP contribution in [0.15, 0.2) is 0 Å². The molecule has 4 heteroatoms. The largest absolute Gasteiger partial charge is 0.370 e. The van der Waals surface area contributed by atoms with Crippen LogP contribution < -0.4 is 11.1 Å². The molecule has 3 N–H and O–H groups in total. The number of primary amides is 1. The van der Waals surface area contributed by atoms with Crippen LogP contribution in [0.25, 0.3) is 0 Å². The van der Waals surface area contributed by atoms with Crippen LogP contribution in [-0.2, 0) is 4.79 Å². The maximum atomic E-state index is 10.3. The predicted molar refractivity (Wildman–Crippen MR) is 45.1 cm³/mol. The second-order valence-corrected chi connectivity index (χ2v) is 3.01. The summed E-state index contributed by atoms with van der Waals surface area (Å²) in [7, 11) is 0. The molecule has 0 saturated carbocycles. The zero-order valence-electron chi connectivity index (χ0n) is 6.06. The average Bonchev–Trinajstić information content (AvgIpc) is 1.82. The van der Waals surface area contributed by atoms with E-state index in [4.69, 9.17) is 5.73 Å². The molecule has 0 aliphatic heterocycles. The summed E-state index contributed by atoms with van der Waals surface area (Å²) in [5, 5.41) is 4.01. The molecule has 1 atom stereocenters. The first-order valence-corrected chi connectivity index (χ1v) is 4.36. The lowest BCUT2D eigenvalue weighted by molar-refractivity contribution is -0.118. The fraction of sp³-hybridized carbons (Fsp3) is 0.833. The van der Waals surface area contributed by atoms with Gasteiger partial charge in [-0.25, -0.2) is 0 Å². The van der Waals surface area contributed by atoms with Crippen LogP contribution in [0.5, 0.6) is 0 Å². The van der Waals surface area contributed by atoms with Crippen LogP contribution in [0.4, 0.5) is 0 Å². The van der Waals surface area contributed by atoms with E-state index in [0.717, 1.165) is 11.9 Å². The Bertz CT molecular complexity index is 108. The van der Waals surface area contributed by atoms with Crippen molar-refractivity contribution < 1.29 is 4.79 Å². The van der Waals surface area contributed by atoms with Gasteiger partial charge in [0.25, 0.3) is 0 Å². The number of nitrogens with two attached hydrogens (primary N) is 1. The van der Waals surface area contributed by atoms with E-state index in [1.54, 1.807) is 0 Å². The van der Waals surface area contributed by atoms with Crippen molar-refractivity contribution in [3.05, 3.63) is 0 Å². The standard InChI is InChI=1S/C6H13BrN2O/c1-5(4-6(8)10)9-3-2-7/h5,9H,2-4H2,1H3,(H2,8,10). The zero-order valence-corrected chi connectivity index (χ0v) is 7.65. The van der Waals surface area contributed by atoms with E-state index in [0.29, 0.717) is 6.42 Å². The Kier molecular flexibility index (Phi) is 5.63. The first-order valence-electron chi connectivity index (χ1n) is 3.24. The summed E-state index contributed by atoms with van der Waals surface area (Å²) in [6.45, 7) is 2.81. The summed E-state index contributed by atoms with van der Waals surface area (Å²) in [6, 6.07) is 0.190. The van der Waals surface area contributed by atoms with Gasteiger partial charge in [-0.3, -0.25) is 4.79 Å². The summed E-state index contributed by atoms with van der Waals surface area (Å²) >= 11 is 3.27. The fourth-order valence-electron chi connectivity index (χ4n) is 0.675. The van der Waals surface area contributed by atoms with Crippen molar-refractivity contribution >= 4 is 21.8 Å². The molecule has 1 amide bonds. The van der Waals surface area contributed by atoms with Gasteiger partial charge in [-0.2, -0.15) is 0 Å². The van der Waals surface area contributed by atoms with Gasteiger partial charge in [-0.1, -0.05) is 15.9 Å². The molecule has 0 aromatic carbocycles. The molecule has 0 saturated heterocycles. The quantitative estimate of drug-likeness (QED) is 0.637. The van der Waals surface area contributed by atoms with Crippen molar-refractivity contribution in [1.29, 1.82) is 0 Å². The predicted octanol–water partition coefficient (Wildman–Crippen LogP) is 0.235. The molecule has 0 aliphatic rings. The Labute approximate surface area is 69.5 Å². The van der Waals surface area contributed by atoms with Crippen LogP contribution in [0.2, 0.25) is 0 Å². The molecule has 0 bridgehead atoms. The van der Waals surface area contributed by atoms with Gasteiger partial charge in [0, 0.05) is 24.3 Å². The van der Waals surface area contributed by atoms with Crippen LogP contribution in [0.1, 0.15) is 13.3 Å². The Balaban J connectivity index is 3.25. The molecule has 0 aromatic heterocycles. The Morgan fingerprint density at radius 3 is 2.80 bits per heavy atom. The second kappa shape index (κ2) is 5.68. The van der Waals surface area contributed by atoms with E-state index in [2.05, 4.69) is 21.2 Å². The molecule has 0 rings (SSSR count). The van der Waals surface area contributed by atoms with E-state index in [-0.39, 0.29) is 11.9 Å². The second-order valence-electron chi connectivity index (χ2n) is 2.21. The number of rotatable bonds is 5. The molecule has 3 nitrogen and oxygen atoms in total. The minimum Gasteiger partial charge on any atom is -0.370 e. The fourth-order valence-corrected chi connectivity index (χ4v) is 0.904. The molecule has 10 heavy (non-hydrogen) atoms. The zero-order chi connectivity index (χ0) is 7.98. The third-order valence-corrected chi connectivity index (χ3v) is 1.49. The summed E-state index contributed by atoms with van der Waals surface area (Å²) < 4.78 is 0. The van der Waals surface area contributed by atoms with Gasteiger partial charge in [-0.15, -0.1) is 0 Å². The molecule has 60 valence electrons. The van der Waals surface area contributed by atoms with Crippen molar-refractivity contribution in [2.24, 2.45) is 5.73 Å². The van der Waals surface area contributed by atoms with Crippen molar-refractivity contribution in [1.82, 2.24) is 5.32 Å². The first kappa shape index (κ1) is 9.91. The third-order valence-electron chi connectivity index (χ3n) is 1.09. The highest BCUT2D eigenvalue weighted by Crippen LogP contribution is 1.88. The third kappa shape index (κ3) is 6.04. The van der Waals surface area contributed by atoms with Crippen molar-refractivity contribution in [2.75, 3.05) is 11.9 Å². The minimum absolute atomic E-state index is 0.190. The topological polar surface area (TPSA) is 55.1 Å². The molecule has 0 radical (unpaired) electrons. The van der Waals surface area contributed by atoms with Crippen molar-refractivity contribution in [3.63, 3.8) is 0 Å². The summed E-state index contributed by atoms with van der Waals surface area (Å²) in [5.74, 6) is -0.255. The number of carbonyl (C=O) groups is 1. The maximum Gasteiger partial charge on any atom is 0.218 e. The highest BCUT2D eigenvalue weighted by Gasteiger charge is 2.02.